The number of alkyl halides is 1. The number of carbonyl (C=O) groups excluding carboxylic acids is 1. The van der Waals surface area contributed by atoms with E-state index in [1.54, 1.807) is 0 Å². The molecule has 1 heterocycles. The van der Waals surface area contributed by atoms with E-state index in [0.29, 0.717) is 10.7 Å². The largest absolute Gasteiger partial charge is 0.337 e. The van der Waals surface area contributed by atoms with Gasteiger partial charge < -0.3 is 4.90 Å². The van der Waals surface area contributed by atoms with Crippen molar-refractivity contribution in [3.63, 3.8) is 0 Å². The van der Waals surface area contributed by atoms with Crippen LogP contribution in [0.3, 0.4) is 0 Å². The fraction of sp³-hybridized carbons (Fsp3) is 0.533. The average Bonchev–Trinajstić information content (AvgIpc) is 2.32. The molecule has 1 aromatic carbocycles. The quantitative estimate of drug-likeness (QED) is 0.727. The van der Waals surface area contributed by atoms with Gasteiger partial charge in [-0.2, -0.15) is 0 Å². The van der Waals surface area contributed by atoms with Crippen molar-refractivity contribution in [1.82, 2.24) is 4.90 Å². The molecule has 98 valence electrons. The predicted molar refractivity (Wildman–Crippen MR) is 78.3 cm³/mol. The fourth-order valence-corrected chi connectivity index (χ4v) is 3.13. The zero-order chi connectivity index (χ0) is 13.3. The van der Waals surface area contributed by atoms with Crippen LogP contribution in [0.1, 0.15) is 34.8 Å². The Labute approximate surface area is 117 Å². The third kappa shape index (κ3) is 2.61. The van der Waals surface area contributed by atoms with E-state index in [9.17, 15) is 4.79 Å². The van der Waals surface area contributed by atoms with Crippen LogP contribution in [0.15, 0.2) is 18.2 Å². The molecule has 0 N–H and O–H groups in total. The highest BCUT2D eigenvalue weighted by molar-refractivity contribution is 9.09. The number of halogens is 1. The molecule has 2 unspecified atom stereocenters. The first-order chi connectivity index (χ1) is 8.50. The second-order valence-corrected chi connectivity index (χ2v) is 6.48. The number of nitrogens with zero attached hydrogens (tertiary/aromatic N) is 1. The van der Waals surface area contributed by atoms with Gasteiger partial charge in [-0.1, -0.05) is 41.1 Å². The van der Waals surface area contributed by atoms with E-state index >= 15 is 0 Å². The van der Waals surface area contributed by atoms with Crippen LogP contribution in [-0.4, -0.2) is 28.7 Å². The zero-order valence-electron chi connectivity index (χ0n) is 11.2. The average molecular weight is 310 g/mol. The molecule has 0 aliphatic carbocycles. The van der Waals surface area contributed by atoms with E-state index in [0.717, 1.165) is 36.2 Å². The molecule has 1 saturated heterocycles. The third-order valence-electron chi connectivity index (χ3n) is 3.85. The number of hydrogen-bond donors (Lipinski definition) is 0. The lowest BCUT2D eigenvalue weighted by Crippen LogP contribution is -2.44. The molecule has 3 heteroatoms. The first-order valence-electron chi connectivity index (χ1n) is 6.50. The van der Waals surface area contributed by atoms with Crippen LogP contribution in [0.25, 0.3) is 0 Å². The monoisotopic (exact) mass is 309 g/mol. The first kappa shape index (κ1) is 13.6. The summed E-state index contributed by atoms with van der Waals surface area (Å²) in [4.78, 5) is 15.0. The van der Waals surface area contributed by atoms with Gasteiger partial charge in [-0.3, -0.25) is 4.79 Å². The molecule has 2 atom stereocenters. The highest BCUT2D eigenvalue weighted by Crippen LogP contribution is 2.25. The second-order valence-electron chi connectivity index (χ2n) is 5.30. The van der Waals surface area contributed by atoms with Crippen LogP contribution in [0.5, 0.6) is 0 Å². The van der Waals surface area contributed by atoms with Crippen molar-refractivity contribution in [1.29, 1.82) is 0 Å². The van der Waals surface area contributed by atoms with Crippen LogP contribution >= 0.6 is 15.9 Å². The predicted octanol–water partition coefficient (Wildman–Crippen LogP) is 3.55. The maximum atomic E-state index is 12.6. The summed E-state index contributed by atoms with van der Waals surface area (Å²) in [5.74, 6) is 0.828. The van der Waals surface area contributed by atoms with E-state index in [4.69, 9.17) is 0 Å². The summed E-state index contributed by atoms with van der Waals surface area (Å²) in [5, 5.41) is 0. The minimum absolute atomic E-state index is 0.182. The van der Waals surface area contributed by atoms with E-state index in [2.05, 4.69) is 22.9 Å². The van der Waals surface area contributed by atoms with Gasteiger partial charge in [-0.05, 0) is 37.3 Å². The zero-order valence-corrected chi connectivity index (χ0v) is 12.8. The van der Waals surface area contributed by atoms with Gasteiger partial charge in [0, 0.05) is 23.5 Å². The van der Waals surface area contributed by atoms with Crippen molar-refractivity contribution in [2.45, 2.75) is 32.0 Å². The molecule has 0 aromatic heterocycles. The summed E-state index contributed by atoms with van der Waals surface area (Å²) in [6, 6.07) is 6.03. The van der Waals surface area contributed by atoms with E-state index in [1.165, 1.54) is 0 Å². The molecule has 18 heavy (non-hydrogen) atoms. The Morgan fingerprint density at radius 1 is 1.33 bits per heavy atom. The highest BCUT2D eigenvalue weighted by atomic mass is 79.9. The van der Waals surface area contributed by atoms with Gasteiger partial charge in [0.25, 0.3) is 5.91 Å². The van der Waals surface area contributed by atoms with Gasteiger partial charge in [0.2, 0.25) is 0 Å². The van der Waals surface area contributed by atoms with Crippen LogP contribution in [0, 0.1) is 19.8 Å². The van der Waals surface area contributed by atoms with Crippen molar-refractivity contribution in [2.75, 3.05) is 13.1 Å². The molecule has 1 amide bonds. The summed E-state index contributed by atoms with van der Waals surface area (Å²) in [5.41, 5.74) is 3.03. The Hall–Kier alpha value is -0.830. The Bertz CT molecular complexity index is 438. The Kier molecular flexibility index (Phi) is 4.10. The van der Waals surface area contributed by atoms with E-state index < -0.39 is 0 Å². The number of rotatable bonds is 1. The first-order valence-corrected chi connectivity index (χ1v) is 7.42. The van der Waals surface area contributed by atoms with Gasteiger partial charge in [0.15, 0.2) is 0 Å². The number of carbonyl (C=O) groups is 1. The number of hydrogen-bond acceptors (Lipinski definition) is 1. The van der Waals surface area contributed by atoms with Crippen LogP contribution in [0.2, 0.25) is 0 Å². The highest BCUT2D eigenvalue weighted by Gasteiger charge is 2.28. The lowest BCUT2D eigenvalue weighted by molar-refractivity contribution is 0.0704. The molecule has 1 aliphatic rings. The fourth-order valence-electron chi connectivity index (χ4n) is 2.52. The lowest BCUT2D eigenvalue weighted by atomic mass is 9.96. The van der Waals surface area contributed by atoms with Gasteiger partial charge in [-0.25, -0.2) is 0 Å². The molecule has 0 radical (unpaired) electrons. The van der Waals surface area contributed by atoms with Crippen molar-refractivity contribution < 1.29 is 4.79 Å². The smallest absolute Gasteiger partial charge is 0.254 e. The molecule has 1 fully saturated rings. The number of aryl methyl sites for hydroxylation is 2. The number of amides is 1. The minimum atomic E-state index is 0.182. The molecule has 1 aliphatic heterocycles. The Morgan fingerprint density at radius 2 is 1.94 bits per heavy atom. The number of benzene rings is 1. The summed E-state index contributed by atoms with van der Waals surface area (Å²) in [6.07, 6.45) is 1.08. The van der Waals surface area contributed by atoms with E-state index in [1.807, 2.05) is 36.9 Å². The summed E-state index contributed by atoms with van der Waals surface area (Å²) < 4.78 is 0. The normalized spacial score (nSPS) is 24.1. The maximum absolute atomic E-state index is 12.6. The third-order valence-corrected chi connectivity index (χ3v) is 5.04. The second kappa shape index (κ2) is 5.43. The maximum Gasteiger partial charge on any atom is 0.254 e. The SMILES string of the molecule is Cc1cccc(C)c1C(=O)N1CCC(C)C(Br)C1. The minimum Gasteiger partial charge on any atom is -0.337 e. The van der Waals surface area contributed by atoms with Crippen LogP contribution in [-0.2, 0) is 0 Å². The summed E-state index contributed by atoms with van der Waals surface area (Å²) in [7, 11) is 0. The molecular formula is C15H20BrNO. The topological polar surface area (TPSA) is 20.3 Å². The molecule has 2 nitrogen and oxygen atoms in total. The molecule has 1 aromatic rings. The standard InChI is InChI=1S/C15H20BrNO/c1-10-7-8-17(9-13(10)16)15(18)14-11(2)5-4-6-12(14)3/h4-6,10,13H,7-9H2,1-3H3. The van der Waals surface area contributed by atoms with Gasteiger partial charge in [0.1, 0.15) is 0 Å². The van der Waals surface area contributed by atoms with Crippen LogP contribution in [0.4, 0.5) is 0 Å². The molecular weight excluding hydrogens is 290 g/mol. The molecule has 0 saturated carbocycles. The van der Waals surface area contributed by atoms with Crippen LogP contribution < -0.4 is 0 Å². The summed E-state index contributed by atoms with van der Waals surface area (Å²) in [6.45, 7) is 7.95. The van der Waals surface area contributed by atoms with Gasteiger partial charge in [0.05, 0.1) is 0 Å². The Balaban J connectivity index is 2.22. The van der Waals surface area contributed by atoms with Gasteiger partial charge in [-0.15, -0.1) is 0 Å². The molecule has 0 bridgehead atoms. The number of piperidine rings is 1. The van der Waals surface area contributed by atoms with Crippen molar-refractivity contribution in [2.24, 2.45) is 5.92 Å². The molecule has 0 spiro atoms. The van der Waals surface area contributed by atoms with Crippen molar-refractivity contribution in [3.05, 3.63) is 34.9 Å². The van der Waals surface area contributed by atoms with E-state index in [-0.39, 0.29) is 5.91 Å². The van der Waals surface area contributed by atoms with Gasteiger partial charge >= 0.3 is 0 Å². The van der Waals surface area contributed by atoms with Crippen molar-refractivity contribution >= 4 is 21.8 Å². The Morgan fingerprint density at radius 3 is 2.50 bits per heavy atom. The number of likely N-dealkylation sites (tertiary alicyclic amines) is 1. The van der Waals surface area contributed by atoms with Crippen molar-refractivity contribution in [3.8, 4) is 0 Å². The lowest BCUT2D eigenvalue weighted by Gasteiger charge is -2.34. The molecule has 2 rings (SSSR count). The summed E-state index contributed by atoms with van der Waals surface area (Å²) >= 11 is 3.68.